The Bertz CT molecular complexity index is 1100. The van der Waals surface area contributed by atoms with E-state index in [0.717, 1.165) is 22.3 Å². The number of thiocarbonyl (C=S) groups is 1. The minimum absolute atomic E-state index is 0.0395. The van der Waals surface area contributed by atoms with Crippen LogP contribution in [0.25, 0.3) is 28.5 Å². The number of nitrogens with two attached hydrogens (primary N) is 1. The first-order valence-electron chi connectivity index (χ1n) is 8.64. The third-order valence-electron chi connectivity index (χ3n) is 4.19. The van der Waals surface area contributed by atoms with Crippen molar-refractivity contribution in [3.8, 4) is 34.5 Å². The molecule has 1 aromatic heterocycles. The van der Waals surface area contributed by atoms with Crippen molar-refractivity contribution in [2.75, 3.05) is 0 Å². The fourth-order valence-corrected chi connectivity index (χ4v) is 2.92. The fourth-order valence-electron chi connectivity index (χ4n) is 2.81. The van der Waals surface area contributed by atoms with Gasteiger partial charge in [0.25, 0.3) is 0 Å². The summed E-state index contributed by atoms with van der Waals surface area (Å²) in [5, 5.41) is 22.7. The summed E-state index contributed by atoms with van der Waals surface area (Å²) < 4.78 is 1.70. The zero-order valence-electron chi connectivity index (χ0n) is 15.0. The standard InChI is InChI=1S/C22H17N5S/c23-11-4-12-27-15-20(13-19(14-24)22(25)28)21(26-27)18-9-7-17(8-10-18)16-5-2-1-3-6-16/h1-3,5-10,13,15H,4,12H2,(H2,25,28). The normalized spacial score (nSPS) is 10.9. The van der Waals surface area contributed by atoms with Crippen LogP contribution in [0.1, 0.15) is 12.0 Å². The lowest BCUT2D eigenvalue weighted by Crippen LogP contribution is -2.09. The van der Waals surface area contributed by atoms with E-state index in [0.29, 0.717) is 18.7 Å². The lowest BCUT2D eigenvalue weighted by molar-refractivity contribution is 0.629. The van der Waals surface area contributed by atoms with Gasteiger partial charge in [-0.15, -0.1) is 0 Å². The highest BCUT2D eigenvalue weighted by Gasteiger charge is 2.12. The smallest absolute Gasteiger partial charge is 0.114 e. The van der Waals surface area contributed by atoms with Gasteiger partial charge in [0.05, 0.1) is 30.3 Å². The summed E-state index contributed by atoms with van der Waals surface area (Å²) in [6, 6.07) is 22.3. The molecular formula is C22H17N5S. The molecule has 2 N–H and O–H groups in total. The summed E-state index contributed by atoms with van der Waals surface area (Å²) in [6.07, 6.45) is 3.78. The first-order valence-corrected chi connectivity index (χ1v) is 9.05. The third-order valence-corrected chi connectivity index (χ3v) is 4.41. The van der Waals surface area contributed by atoms with Gasteiger partial charge in [-0.2, -0.15) is 15.6 Å². The van der Waals surface area contributed by atoms with E-state index in [9.17, 15) is 5.26 Å². The summed E-state index contributed by atoms with van der Waals surface area (Å²) in [5.41, 5.74) is 10.4. The molecule has 3 rings (SSSR count). The number of rotatable bonds is 6. The number of aryl methyl sites for hydroxylation is 1. The van der Waals surface area contributed by atoms with Crippen molar-refractivity contribution >= 4 is 23.3 Å². The second-order valence-electron chi connectivity index (χ2n) is 6.08. The number of benzene rings is 2. The van der Waals surface area contributed by atoms with Crippen molar-refractivity contribution in [1.82, 2.24) is 9.78 Å². The van der Waals surface area contributed by atoms with Gasteiger partial charge >= 0.3 is 0 Å². The maximum atomic E-state index is 9.27. The quantitative estimate of drug-likeness (QED) is 0.389. The Morgan fingerprint density at radius 1 is 1.04 bits per heavy atom. The van der Waals surface area contributed by atoms with Gasteiger partial charge in [0, 0.05) is 17.3 Å². The van der Waals surface area contributed by atoms with Gasteiger partial charge < -0.3 is 5.73 Å². The Morgan fingerprint density at radius 3 is 2.29 bits per heavy atom. The Morgan fingerprint density at radius 2 is 1.68 bits per heavy atom. The van der Waals surface area contributed by atoms with Crippen LogP contribution in [0.4, 0.5) is 0 Å². The lowest BCUT2D eigenvalue weighted by atomic mass is 10.0. The molecule has 28 heavy (non-hydrogen) atoms. The molecule has 6 heteroatoms. The molecule has 2 aromatic carbocycles. The minimum Gasteiger partial charge on any atom is -0.389 e. The molecule has 0 unspecified atom stereocenters. The highest BCUT2D eigenvalue weighted by atomic mass is 32.1. The van der Waals surface area contributed by atoms with Crippen molar-refractivity contribution in [3.05, 3.63) is 71.9 Å². The van der Waals surface area contributed by atoms with Gasteiger partial charge in [0.1, 0.15) is 11.1 Å². The van der Waals surface area contributed by atoms with Crippen molar-refractivity contribution in [2.45, 2.75) is 13.0 Å². The molecule has 3 aromatic rings. The Kier molecular flexibility index (Phi) is 5.96. The minimum atomic E-state index is 0.0395. The molecule has 0 aliphatic rings. The van der Waals surface area contributed by atoms with Crippen LogP contribution in [0.2, 0.25) is 0 Å². The van der Waals surface area contributed by atoms with E-state index in [1.165, 1.54) is 0 Å². The van der Waals surface area contributed by atoms with Gasteiger partial charge in [0.2, 0.25) is 0 Å². The van der Waals surface area contributed by atoms with Crippen LogP contribution in [0.3, 0.4) is 0 Å². The maximum absolute atomic E-state index is 9.27. The summed E-state index contributed by atoms with van der Waals surface area (Å²) in [6.45, 7) is 0.467. The number of hydrogen-bond acceptors (Lipinski definition) is 4. The van der Waals surface area contributed by atoms with E-state index >= 15 is 0 Å². The molecule has 0 aliphatic heterocycles. The van der Waals surface area contributed by atoms with Crippen LogP contribution in [0, 0.1) is 22.7 Å². The van der Waals surface area contributed by atoms with Crippen LogP contribution in [-0.4, -0.2) is 14.8 Å². The molecule has 5 nitrogen and oxygen atoms in total. The molecule has 0 aliphatic carbocycles. The van der Waals surface area contributed by atoms with Crippen LogP contribution in [-0.2, 0) is 6.54 Å². The summed E-state index contributed by atoms with van der Waals surface area (Å²) in [7, 11) is 0. The lowest BCUT2D eigenvalue weighted by Gasteiger charge is -2.04. The van der Waals surface area contributed by atoms with Crippen LogP contribution in [0.5, 0.6) is 0 Å². The van der Waals surface area contributed by atoms with Crippen molar-refractivity contribution in [2.24, 2.45) is 5.73 Å². The van der Waals surface area contributed by atoms with Crippen molar-refractivity contribution < 1.29 is 0 Å². The Balaban J connectivity index is 2.02. The second kappa shape index (κ2) is 8.77. The van der Waals surface area contributed by atoms with Gasteiger partial charge in [-0.25, -0.2) is 0 Å². The first-order chi connectivity index (χ1) is 13.6. The molecule has 0 fully saturated rings. The predicted octanol–water partition coefficient (Wildman–Crippen LogP) is 4.32. The summed E-state index contributed by atoms with van der Waals surface area (Å²) >= 11 is 4.94. The number of nitrogens with zero attached hydrogens (tertiary/aromatic N) is 4. The van der Waals surface area contributed by atoms with E-state index in [-0.39, 0.29) is 10.6 Å². The molecular weight excluding hydrogens is 366 g/mol. The molecule has 0 radical (unpaired) electrons. The maximum Gasteiger partial charge on any atom is 0.114 e. The molecule has 0 saturated carbocycles. The SMILES string of the molecule is N#CCCn1cc(C=C(C#N)C(N)=S)c(-c2ccc(-c3ccccc3)cc2)n1. The van der Waals surface area contributed by atoms with Crippen LogP contribution < -0.4 is 5.73 Å². The molecule has 0 atom stereocenters. The third kappa shape index (κ3) is 4.32. The van der Waals surface area contributed by atoms with Crippen molar-refractivity contribution in [1.29, 1.82) is 10.5 Å². The van der Waals surface area contributed by atoms with E-state index in [2.05, 4.69) is 23.3 Å². The highest BCUT2D eigenvalue weighted by molar-refractivity contribution is 7.80. The van der Waals surface area contributed by atoms with Crippen molar-refractivity contribution in [3.63, 3.8) is 0 Å². The highest BCUT2D eigenvalue weighted by Crippen LogP contribution is 2.27. The Hall–Kier alpha value is -3.74. The van der Waals surface area contributed by atoms with E-state index in [4.69, 9.17) is 23.2 Å². The van der Waals surface area contributed by atoms with Gasteiger partial charge in [0.15, 0.2) is 0 Å². The molecule has 0 spiro atoms. The van der Waals surface area contributed by atoms with E-state index < -0.39 is 0 Å². The number of aromatic nitrogens is 2. The zero-order chi connectivity index (χ0) is 19.9. The topological polar surface area (TPSA) is 91.4 Å². The largest absolute Gasteiger partial charge is 0.389 e. The first kappa shape index (κ1) is 19.0. The molecule has 0 bridgehead atoms. The Labute approximate surface area is 169 Å². The zero-order valence-corrected chi connectivity index (χ0v) is 15.9. The second-order valence-corrected chi connectivity index (χ2v) is 6.52. The van der Waals surface area contributed by atoms with Gasteiger partial charge in [-0.3, -0.25) is 4.68 Å². The molecule has 0 saturated heterocycles. The average molecular weight is 383 g/mol. The van der Waals surface area contributed by atoms with Gasteiger partial charge in [-0.05, 0) is 17.2 Å². The summed E-state index contributed by atoms with van der Waals surface area (Å²) in [5.74, 6) is 0. The molecule has 1 heterocycles. The van der Waals surface area contributed by atoms with Gasteiger partial charge in [-0.1, -0.05) is 66.8 Å². The average Bonchev–Trinajstić information content (AvgIpc) is 3.13. The summed E-state index contributed by atoms with van der Waals surface area (Å²) in [4.78, 5) is 0.0395. The van der Waals surface area contributed by atoms with E-state index in [1.54, 1.807) is 17.0 Å². The van der Waals surface area contributed by atoms with Crippen LogP contribution >= 0.6 is 12.2 Å². The van der Waals surface area contributed by atoms with Crippen LogP contribution in [0.15, 0.2) is 66.4 Å². The number of hydrogen-bond donors (Lipinski definition) is 1. The van der Waals surface area contributed by atoms with E-state index in [1.807, 2.05) is 48.5 Å². The molecule has 0 amide bonds. The fraction of sp³-hybridized carbons (Fsp3) is 0.0909. The number of nitriles is 2. The molecule has 136 valence electrons. The monoisotopic (exact) mass is 383 g/mol. The predicted molar refractivity (Wildman–Crippen MR) is 114 cm³/mol.